The van der Waals surface area contributed by atoms with Crippen LogP contribution in [-0.4, -0.2) is 78.5 Å². The van der Waals surface area contributed by atoms with E-state index in [2.05, 4.69) is 32.7 Å². The number of carbonyl (C=O) groups is 1. The van der Waals surface area contributed by atoms with Gasteiger partial charge >= 0.3 is 0 Å². The summed E-state index contributed by atoms with van der Waals surface area (Å²) in [6.07, 6.45) is 0. The molecular weight excluding hydrogens is 525 g/mol. The Morgan fingerprint density at radius 1 is 1.14 bits per heavy atom. The lowest BCUT2D eigenvalue weighted by Gasteiger charge is -2.36. The van der Waals surface area contributed by atoms with Crippen LogP contribution in [-0.2, 0) is 11.3 Å². The fraction of sp³-hybridized carbons (Fsp3) is 0.407. The van der Waals surface area contributed by atoms with Crippen LogP contribution in [0.2, 0.25) is 0 Å². The molecule has 0 bridgehead atoms. The summed E-state index contributed by atoms with van der Waals surface area (Å²) in [4.78, 5) is 20.1. The maximum absolute atomic E-state index is 14.2. The largest absolute Gasteiger partial charge is 0.383 e. The molecule has 1 fully saturated rings. The van der Waals surface area contributed by atoms with Gasteiger partial charge in [0.15, 0.2) is 0 Å². The van der Waals surface area contributed by atoms with E-state index in [0.29, 0.717) is 30.9 Å². The number of benzene rings is 2. The zero-order valence-electron chi connectivity index (χ0n) is 21.1. The monoisotopic (exact) mass is 557 g/mol. The first kappa shape index (κ1) is 26.3. The van der Waals surface area contributed by atoms with E-state index in [9.17, 15) is 9.18 Å². The SMILES string of the molecule is CCN1CCN(c2c(CN(CCOC)C(=O)c3ccccc3Br)c(C)nn2-c2cccc(F)c2)CC1. The Bertz CT molecular complexity index is 1190. The van der Waals surface area contributed by atoms with E-state index in [0.717, 1.165) is 54.3 Å². The average molecular weight is 558 g/mol. The summed E-state index contributed by atoms with van der Waals surface area (Å²) >= 11 is 3.52. The second kappa shape index (κ2) is 12.0. The van der Waals surface area contributed by atoms with Crippen LogP contribution < -0.4 is 4.90 Å². The molecule has 0 saturated carbocycles. The minimum atomic E-state index is -0.310. The quantitative estimate of drug-likeness (QED) is 0.387. The highest BCUT2D eigenvalue weighted by atomic mass is 79.9. The first-order valence-electron chi connectivity index (χ1n) is 12.3. The Labute approximate surface area is 220 Å². The van der Waals surface area contributed by atoms with Crippen LogP contribution in [0.1, 0.15) is 28.5 Å². The molecule has 0 aliphatic carbocycles. The number of rotatable bonds is 9. The molecule has 3 aromatic rings. The molecule has 2 heterocycles. The number of anilines is 1. The standard InChI is InChI=1S/C27H33BrFN5O2/c1-4-31-12-14-32(15-13-31)26-24(20(2)30-34(26)22-9-7-8-21(29)18-22)19-33(16-17-36-3)27(35)23-10-5-6-11-25(23)28/h5-11,18H,4,12-17,19H2,1-3H3. The van der Waals surface area contributed by atoms with Crippen molar-refractivity contribution in [1.29, 1.82) is 0 Å². The van der Waals surface area contributed by atoms with Gasteiger partial charge < -0.3 is 19.4 Å². The van der Waals surface area contributed by atoms with Gasteiger partial charge in [0.1, 0.15) is 11.6 Å². The van der Waals surface area contributed by atoms with Crippen LogP contribution in [0, 0.1) is 12.7 Å². The summed E-state index contributed by atoms with van der Waals surface area (Å²) in [5, 5.41) is 4.84. The lowest BCUT2D eigenvalue weighted by Crippen LogP contribution is -2.47. The highest BCUT2D eigenvalue weighted by molar-refractivity contribution is 9.10. The zero-order valence-corrected chi connectivity index (χ0v) is 22.7. The first-order valence-corrected chi connectivity index (χ1v) is 13.1. The van der Waals surface area contributed by atoms with Crippen LogP contribution >= 0.6 is 15.9 Å². The molecule has 9 heteroatoms. The van der Waals surface area contributed by atoms with Crippen LogP contribution in [0.3, 0.4) is 0 Å². The number of hydrogen-bond acceptors (Lipinski definition) is 5. The number of hydrogen-bond donors (Lipinski definition) is 0. The van der Waals surface area contributed by atoms with Crippen LogP contribution in [0.15, 0.2) is 53.0 Å². The van der Waals surface area contributed by atoms with Crippen molar-refractivity contribution in [2.75, 3.05) is 57.9 Å². The minimum Gasteiger partial charge on any atom is -0.383 e. The number of amides is 1. The third kappa shape index (κ3) is 5.79. The first-order chi connectivity index (χ1) is 17.4. The van der Waals surface area contributed by atoms with E-state index in [1.54, 1.807) is 18.1 Å². The van der Waals surface area contributed by atoms with Crippen molar-refractivity contribution in [3.05, 3.63) is 75.6 Å². The summed E-state index contributed by atoms with van der Waals surface area (Å²) < 4.78 is 22.1. The van der Waals surface area contributed by atoms with Crippen molar-refractivity contribution in [2.45, 2.75) is 20.4 Å². The normalized spacial score (nSPS) is 14.3. The molecule has 0 spiro atoms. The van der Waals surface area contributed by atoms with E-state index in [1.165, 1.54) is 12.1 Å². The summed E-state index contributed by atoms with van der Waals surface area (Å²) in [5.41, 5.74) is 3.04. The van der Waals surface area contributed by atoms with Crippen molar-refractivity contribution >= 4 is 27.7 Å². The van der Waals surface area contributed by atoms with E-state index >= 15 is 0 Å². The summed E-state index contributed by atoms with van der Waals surface area (Å²) in [5.74, 6) is 0.519. The van der Waals surface area contributed by atoms with Gasteiger partial charge in [0.25, 0.3) is 5.91 Å². The number of nitrogens with zero attached hydrogens (tertiary/aromatic N) is 5. The molecule has 1 aliphatic rings. The van der Waals surface area contributed by atoms with Gasteiger partial charge in [-0.25, -0.2) is 9.07 Å². The van der Waals surface area contributed by atoms with E-state index in [-0.39, 0.29) is 11.7 Å². The van der Waals surface area contributed by atoms with Gasteiger partial charge in [-0.1, -0.05) is 25.1 Å². The Balaban J connectivity index is 1.75. The maximum atomic E-state index is 14.2. The van der Waals surface area contributed by atoms with Gasteiger partial charge in [0.2, 0.25) is 0 Å². The van der Waals surface area contributed by atoms with Crippen molar-refractivity contribution < 1.29 is 13.9 Å². The average Bonchev–Trinajstić information content (AvgIpc) is 3.22. The Morgan fingerprint density at radius 2 is 1.89 bits per heavy atom. The van der Waals surface area contributed by atoms with Crippen molar-refractivity contribution in [2.24, 2.45) is 0 Å². The molecule has 192 valence electrons. The number of piperazine rings is 1. The number of aromatic nitrogens is 2. The third-order valence-corrected chi connectivity index (χ3v) is 7.33. The van der Waals surface area contributed by atoms with Crippen molar-refractivity contribution in [3.63, 3.8) is 0 Å². The molecule has 0 atom stereocenters. The molecule has 1 saturated heterocycles. The molecular formula is C27H33BrFN5O2. The number of methoxy groups -OCH3 is 1. The van der Waals surface area contributed by atoms with Gasteiger partial charge in [0, 0.05) is 49.9 Å². The summed E-state index contributed by atoms with van der Waals surface area (Å²) in [6, 6.07) is 13.9. The molecule has 1 aliphatic heterocycles. The Kier molecular flexibility index (Phi) is 8.77. The molecule has 7 nitrogen and oxygen atoms in total. The molecule has 0 unspecified atom stereocenters. The van der Waals surface area contributed by atoms with Gasteiger partial charge in [-0.3, -0.25) is 4.79 Å². The molecule has 0 N–H and O–H groups in total. The van der Waals surface area contributed by atoms with Crippen molar-refractivity contribution in [3.8, 4) is 5.69 Å². The fourth-order valence-corrected chi connectivity index (χ4v) is 5.03. The maximum Gasteiger partial charge on any atom is 0.255 e. The number of aryl methyl sites for hydroxylation is 1. The lowest BCUT2D eigenvalue weighted by molar-refractivity contribution is 0.0679. The van der Waals surface area contributed by atoms with Crippen molar-refractivity contribution in [1.82, 2.24) is 19.6 Å². The topological polar surface area (TPSA) is 53.8 Å². The minimum absolute atomic E-state index is 0.0841. The Hall–Kier alpha value is -2.75. The molecule has 1 aromatic heterocycles. The Morgan fingerprint density at radius 3 is 2.56 bits per heavy atom. The molecule has 4 rings (SSSR count). The van der Waals surface area contributed by atoms with Gasteiger partial charge in [-0.2, -0.15) is 5.10 Å². The zero-order chi connectivity index (χ0) is 25.7. The molecule has 0 radical (unpaired) electrons. The lowest BCUT2D eigenvalue weighted by atomic mass is 10.1. The fourth-order valence-electron chi connectivity index (χ4n) is 4.57. The van der Waals surface area contributed by atoms with E-state index in [1.807, 2.05) is 41.9 Å². The second-order valence-corrected chi connectivity index (χ2v) is 9.75. The van der Waals surface area contributed by atoms with Crippen LogP contribution in [0.25, 0.3) is 5.69 Å². The van der Waals surface area contributed by atoms with Crippen LogP contribution in [0.5, 0.6) is 0 Å². The van der Waals surface area contributed by atoms with Gasteiger partial charge in [0.05, 0.1) is 30.1 Å². The van der Waals surface area contributed by atoms with E-state index in [4.69, 9.17) is 9.84 Å². The predicted molar refractivity (Wildman–Crippen MR) is 143 cm³/mol. The summed E-state index contributed by atoms with van der Waals surface area (Å²) in [6.45, 7) is 9.88. The highest BCUT2D eigenvalue weighted by Gasteiger charge is 2.28. The third-order valence-electron chi connectivity index (χ3n) is 6.63. The number of likely N-dealkylation sites (N-methyl/N-ethyl adjacent to an activating group) is 1. The summed E-state index contributed by atoms with van der Waals surface area (Å²) in [7, 11) is 1.63. The number of carbonyl (C=O) groups excluding carboxylic acids is 1. The highest BCUT2D eigenvalue weighted by Crippen LogP contribution is 2.31. The second-order valence-electron chi connectivity index (χ2n) is 8.90. The van der Waals surface area contributed by atoms with Crippen LogP contribution in [0.4, 0.5) is 10.2 Å². The smallest absolute Gasteiger partial charge is 0.255 e. The molecule has 36 heavy (non-hydrogen) atoms. The number of ether oxygens (including phenoxy) is 1. The number of halogens is 2. The predicted octanol–water partition coefficient (Wildman–Crippen LogP) is 4.51. The van der Waals surface area contributed by atoms with E-state index < -0.39 is 0 Å². The van der Waals surface area contributed by atoms with Gasteiger partial charge in [-0.05, 0) is 59.7 Å². The molecule has 2 aromatic carbocycles. The molecule has 1 amide bonds. The van der Waals surface area contributed by atoms with Gasteiger partial charge in [-0.15, -0.1) is 0 Å².